The molecule has 0 amide bonds. The van der Waals surface area contributed by atoms with Crippen LogP contribution < -0.4 is 4.74 Å². The molecule has 1 fully saturated rings. The normalized spacial score (nSPS) is 14.9. The zero-order chi connectivity index (χ0) is 21.1. The van der Waals surface area contributed by atoms with Crippen molar-refractivity contribution in [3.05, 3.63) is 63.7 Å². The monoisotopic (exact) mass is 409 g/mol. The van der Waals surface area contributed by atoms with Gasteiger partial charge in [0.05, 0.1) is 23.7 Å². The number of nitro groups is 1. The van der Waals surface area contributed by atoms with Gasteiger partial charge in [0.15, 0.2) is 0 Å². The van der Waals surface area contributed by atoms with Crippen LogP contribution in [-0.4, -0.2) is 47.2 Å². The summed E-state index contributed by atoms with van der Waals surface area (Å²) >= 11 is 0. The molecular weight excluding hydrogens is 382 g/mol. The smallest absolute Gasteiger partial charge is 0.311 e. The Bertz CT molecular complexity index is 1050. The fourth-order valence-electron chi connectivity index (χ4n) is 4.08. The molecule has 0 aliphatic carbocycles. The summed E-state index contributed by atoms with van der Waals surface area (Å²) in [5.41, 5.74) is 2.97. The lowest BCUT2D eigenvalue weighted by atomic mass is 10.1. The SMILES string of the molecule is Cc1ccc(Oc2c(CCCN3CCOCC3)c3ccccc3n2C)c([N+](=O)[O-])c1. The molecule has 0 bridgehead atoms. The van der Waals surface area contributed by atoms with Crippen LogP contribution in [0.2, 0.25) is 0 Å². The van der Waals surface area contributed by atoms with Gasteiger partial charge in [-0.1, -0.05) is 24.3 Å². The highest BCUT2D eigenvalue weighted by molar-refractivity contribution is 5.87. The van der Waals surface area contributed by atoms with Crippen molar-refractivity contribution in [2.75, 3.05) is 32.8 Å². The van der Waals surface area contributed by atoms with Gasteiger partial charge in [0.25, 0.3) is 0 Å². The Hall–Kier alpha value is -2.90. The van der Waals surface area contributed by atoms with E-state index in [1.54, 1.807) is 12.1 Å². The van der Waals surface area contributed by atoms with Gasteiger partial charge in [-0.3, -0.25) is 15.0 Å². The van der Waals surface area contributed by atoms with E-state index in [-0.39, 0.29) is 16.4 Å². The van der Waals surface area contributed by atoms with Crippen LogP contribution >= 0.6 is 0 Å². The summed E-state index contributed by atoms with van der Waals surface area (Å²) in [6.45, 7) is 6.35. The summed E-state index contributed by atoms with van der Waals surface area (Å²) in [7, 11) is 1.95. The fraction of sp³-hybridized carbons (Fsp3) is 0.391. The van der Waals surface area contributed by atoms with E-state index in [2.05, 4.69) is 17.0 Å². The third-order valence-electron chi connectivity index (χ3n) is 5.68. The van der Waals surface area contributed by atoms with Crippen LogP contribution in [0.15, 0.2) is 42.5 Å². The number of aryl methyl sites for hydroxylation is 3. The van der Waals surface area contributed by atoms with E-state index < -0.39 is 0 Å². The standard InChI is InChI=1S/C23H27N3O4/c1-17-9-10-22(21(16-17)26(27)28)30-23-19(7-5-11-25-12-14-29-15-13-25)18-6-3-4-8-20(18)24(23)2/h3-4,6,8-10,16H,5,7,11-15H2,1-2H3. The molecule has 2 heterocycles. The van der Waals surface area contributed by atoms with Crippen LogP contribution in [0.1, 0.15) is 17.5 Å². The number of ether oxygens (including phenoxy) is 2. The van der Waals surface area contributed by atoms with Crippen LogP contribution in [0.3, 0.4) is 0 Å². The van der Waals surface area contributed by atoms with Crippen molar-refractivity contribution in [3.8, 4) is 11.6 Å². The first-order valence-electron chi connectivity index (χ1n) is 10.3. The van der Waals surface area contributed by atoms with E-state index >= 15 is 0 Å². The molecule has 2 aromatic carbocycles. The van der Waals surface area contributed by atoms with Gasteiger partial charge >= 0.3 is 5.69 Å². The Balaban J connectivity index is 1.64. The van der Waals surface area contributed by atoms with Gasteiger partial charge < -0.3 is 14.0 Å². The van der Waals surface area contributed by atoms with E-state index in [4.69, 9.17) is 9.47 Å². The highest BCUT2D eigenvalue weighted by Crippen LogP contribution is 2.38. The molecule has 3 aromatic rings. The number of nitrogens with zero attached hydrogens (tertiary/aromatic N) is 3. The molecule has 0 spiro atoms. The van der Waals surface area contributed by atoms with E-state index in [9.17, 15) is 10.1 Å². The zero-order valence-electron chi connectivity index (χ0n) is 17.5. The van der Waals surface area contributed by atoms with Gasteiger partial charge in [-0.2, -0.15) is 0 Å². The Morgan fingerprint density at radius 1 is 1.17 bits per heavy atom. The Kier molecular flexibility index (Phi) is 6.01. The second kappa shape index (κ2) is 8.85. The first kappa shape index (κ1) is 20.4. The van der Waals surface area contributed by atoms with Crippen LogP contribution in [-0.2, 0) is 18.2 Å². The molecule has 1 aliphatic rings. The molecule has 0 unspecified atom stereocenters. The lowest BCUT2D eigenvalue weighted by molar-refractivity contribution is -0.385. The molecule has 1 aromatic heterocycles. The molecule has 4 rings (SSSR count). The molecule has 0 saturated carbocycles. The number of rotatable bonds is 7. The summed E-state index contributed by atoms with van der Waals surface area (Å²) in [5.74, 6) is 0.941. The zero-order valence-corrected chi connectivity index (χ0v) is 17.5. The first-order chi connectivity index (χ1) is 14.5. The first-order valence-corrected chi connectivity index (χ1v) is 10.3. The number of aromatic nitrogens is 1. The third-order valence-corrected chi connectivity index (χ3v) is 5.68. The summed E-state index contributed by atoms with van der Waals surface area (Å²) < 4.78 is 13.6. The summed E-state index contributed by atoms with van der Waals surface area (Å²) in [5, 5.41) is 12.7. The van der Waals surface area contributed by atoms with Crippen molar-refractivity contribution in [3.63, 3.8) is 0 Å². The number of hydrogen-bond donors (Lipinski definition) is 0. The quantitative estimate of drug-likeness (QED) is 0.426. The molecule has 30 heavy (non-hydrogen) atoms. The van der Waals surface area contributed by atoms with Gasteiger partial charge in [0.1, 0.15) is 0 Å². The van der Waals surface area contributed by atoms with Crippen molar-refractivity contribution < 1.29 is 14.4 Å². The minimum atomic E-state index is -0.386. The maximum atomic E-state index is 11.6. The predicted molar refractivity (Wildman–Crippen MR) is 116 cm³/mol. The molecular formula is C23H27N3O4. The largest absolute Gasteiger partial charge is 0.433 e. The number of benzene rings is 2. The van der Waals surface area contributed by atoms with Crippen LogP contribution in [0, 0.1) is 17.0 Å². The Labute approximate surface area is 176 Å². The van der Waals surface area contributed by atoms with E-state index in [1.807, 2.05) is 36.7 Å². The lowest BCUT2D eigenvalue weighted by Gasteiger charge is -2.26. The molecule has 0 radical (unpaired) electrons. The van der Waals surface area contributed by atoms with Crippen molar-refractivity contribution in [1.82, 2.24) is 9.47 Å². The predicted octanol–water partition coefficient (Wildman–Crippen LogP) is 4.45. The minimum Gasteiger partial charge on any atom is -0.433 e. The summed E-state index contributed by atoms with van der Waals surface area (Å²) in [4.78, 5) is 13.6. The number of hydrogen-bond acceptors (Lipinski definition) is 5. The van der Waals surface area contributed by atoms with E-state index in [0.717, 1.165) is 67.7 Å². The average molecular weight is 409 g/mol. The topological polar surface area (TPSA) is 69.8 Å². The fourth-order valence-corrected chi connectivity index (χ4v) is 4.08. The van der Waals surface area contributed by atoms with Gasteiger partial charge in [-0.05, 0) is 44.0 Å². The number of morpholine rings is 1. The Morgan fingerprint density at radius 2 is 1.93 bits per heavy atom. The molecule has 0 atom stereocenters. The second-order valence-electron chi connectivity index (χ2n) is 7.75. The minimum absolute atomic E-state index is 0.0143. The highest BCUT2D eigenvalue weighted by Gasteiger charge is 2.22. The third kappa shape index (κ3) is 4.17. The van der Waals surface area contributed by atoms with Gasteiger partial charge in [0, 0.05) is 37.2 Å². The number of nitro benzene ring substituents is 1. The second-order valence-corrected chi connectivity index (χ2v) is 7.75. The summed E-state index contributed by atoms with van der Waals surface area (Å²) in [6.07, 6.45) is 1.83. The maximum absolute atomic E-state index is 11.6. The van der Waals surface area contributed by atoms with Crippen molar-refractivity contribution in [2.24, 2.45) is 7.05 Å². The van der Waals surface area contributed by atoms with Crippen molar-refractivity contribution in [1.29, 1.82) is 0 Å². The van der Waals surface area contributed by atoms with E-state index in [0.29, 0.717) is 5.88 Å². The van der Waals surface area contributed by atoms with Crippen LogP contribution in [0.25, 0.3) is 10.9 Å². The highest BCUT2D eigenvalue weighted by atomic mass is 16.6. The summed E-state index contributed by atoms with van der Waals surface area (Å²) in [6, 6.07) is 13.2. The van der Waals surface area contributed by atoms with Gasteiger partial charge in [0.2, 0.25) is 11.6 Å². The van der Waals surface area contributed by atoms with Gasteiger partial charge in [-0.25, -0.2) is 0 Å². The molecule has 1 saturated heterocycles. The molecule has 1 aliphatic heterocycles. The van der Waals surface area contributed by atoms with Crippen molar-refractivity contribution >= 4 is 16.6 Å². The van der Waals surface area contributed by atoms with E-state index in [1.165, 1.54) is 0 Å². The van der Waals surface area contributed by atoms with Crippen LogP contribution in [0.4, 0.5) is 5.69 Å². The molecule has 158 valence electrons. The number of para-hydroxylation sites is 1. The molecule has 7 nitrogen and oxygen atoms in total. The maximum Gasteiger partial charge on any atom is 0.311 e. The number of fused-ring (bicyclic) bond motifs is 1. The lowest BCUT2D eigenvalue weighted by Crippen LogP contribution is -2.36. The average Bonchev–Trinajstić information content (AvgIpc) is 3.02. The van der Waals surface area contributed by atoms with Crippen molar-refractivity contribution in [2.45, 2.75) is 19.8 Å². The Morgan fingerprint density at radius 3 is 2.70 bits per heavy atom. The van der Waals surface area contributed by atoms with Crippen LogP contribution in [0.5, 0.6) is 11.6 Å². The molecule has 0 N–H and O–H groups in total. The van der Waals surface area contributed by atoms with Gasteiger partial charge in [-0.15, -0.1) is 0 Å². The molecule has 7 heteroatoms.